The summed E-state index contributed by atoms with van der Waals surface area (Å²) in [6.07, 6.45) is 1.69. The molecule has 0 fully saturated rings. The highest BCUT2D eigenvalue weighted by Crippen LogP contribution is 2.29. The van der Waals surface area contributed by atoms with Gasteiger partial charge in [0, 0.05) is 17.2 Å². The number of rotatable bonds is 3. The summed E-state index contributed by atoms with van der Waals surface area (Å²) in [6.45, 7) is 2.02. The minimum absolute atomic E-state index is 0.228. The van der Waals surface area contributed by atoms with Gasteiger partial charge in [0.15, 0.2) is 5.82 Å². The van der Waals surface area contributed by atoms with E-state index in [9.17, 15) is 4.79 Å². The van der Waals surface area contributed by atoms with Crippen molar-refractivity contribution < 1.29 is 4.42 Å². The predicted octanol–water partition coefficient (Wildman–Crippen LogP) is 5.24. The van der Waals surface area contributed by atoms with Crippen LogP contribution in [0.3, 0.4) is 0 Å². The summed E-state index contributed by atoms with van der Waals surface area (Å²) >= 11 is 13.3. The van der Waals surface area contributed by atoms with E-state index in [4.69, 9.17) is 27.6 Å². The maximum Gasteiger partial charge on any atom is 0.291 e. The van der Waals surface area contributed by atoms with Crippen molar-refractivity contribution in [3.05, 3.63) is 90.9 Å². The normalized spacial score (nSPS) is 12.2. The van der Waals surface area contributed by atoms with E-state index >= 15 is 0 Å². The summed E-state index contributed by atoms with van der Waals surface area (Å²) < 4.78 is 7.68. The summed E-state index contributed by atoms with van der Waals surface area (Å²) in [6, 6.07) is 16.8. The van der Waals surface area contributed by atoms with Crippen molar-refractivity contribution in [2.45, 2.75) is 6.92 Å². The maximum absolute atomic E-state index is 12.8. The first-order valence-electron chi connectivity index (χ1n) is 9.01. The average molecular weight is 454 g/mol. The zero-order valence-electron chi connectivity index (χ0n) is 15.6. The third-order valence-corrected chi connectivity index (χ3v) is 6.29. The van der Waals surface area contributed by atoms with Gasteiger partial charge in [0.05, 0.1) is 10.0 Å². The lowest BCUT2D eigenvalue weighted by atomic mass is 10.1. The molecule has 5 nitrogen and oxygen atoms in total. The first kappa shape index (κ1) is 19.1. The lowest BCUT2D eigenvalue weighted by Gasteiger charge is -1.99. The van der Waals surface area contributed by atoms with Gasteiger partial charge in [-0.3, -0.25) is 4.79 Å². The number of aryl methyl sites for hydroxylation is 1. The van der Waals surface area contributed by atoms with Gasteiger partial charge in [0.25, 0.3) is 5.56 Å². The van der Waals surface area contributed by atoms with Gasteiger partial charge in [-0.1, -0.05) is 64.4 Å². The highest BCUT2D eigenvalue weighted by molar-refractivity contribution is 7.15. The molecule has 0 radical (unpaired) electrons. The molecule has 3 aromatic heterocycles. The van der Waals surface area contributed by atoms with Gasteiger partial charge in [-0.2, -0.15) is 9.50 Å². The number of nitrogens with zero attached hydrogens (tertiary/aromatic N) is 3. The second kappa shape index (κ2) is 7.40. The molecule has 0 amide bonds. The Bertz CT molecular complexity index is 1500. The van der Waals surface area contributed by atoms with Crippen LogP contribution < -0.4 is 10.1 Å². The molecule has 3 heterocycles. The molecule has 0 N–H and O–H groups in total. The average Bonchev–Trinajstić information content (AvgIpc) is 3.43. The number of thiazole rings is 1. The van der Waals surface area contributed by atoms with Crippen LogP contribution in [0.1, 0.15) is 11.3 Å². The molecular weight excluding hydrogens is 441 g/mol. The van der Waals surface area contributed by atoms with Crippen molar-refractivity contribution in [2.24, 2.45) is 0 Å². The summed E-state index contributed by atoms with van der Waals surface area (Å²) in [5.41, 5.74) is 2.60. The van der Waals surface area contributed by atoms with Crippen molar-refractivity contribution in [1.82, 2.24) is 14.6 Å². The molecule has 30 heavy (non-hydrogen) atoms. The Morgan fingerprint density at radius 3 is 2.50 bits per heavy atom. The fraction of sp³-hybridized carbons (Fsp3) is 0.0455. The summed E-state index contributed by atoms with van der Waals surface area (Å²) in [7, 11) is 0. The maximum atomic E-state index is 12.8. The van der Waals surface area contributed by atoms with E-state index in [0.717, 1.165) is 16.7 Å². The van der Waals surface area contributed by atoms with Crippen molar-refractivity contribution in [3.63, 3.8) is 0 Å². The van der Waals surface area contributed by atoms with Crippen LogP contribution in [0.15, 0.2) is 63.8 Å². The molecule has 0 saturated carbocycles. The number of aromatic nitrogens is 3. The molecule has 0 aliphatic heterocycles. The molecule has 148 valence electrons. The van der Waals surface area contributed by atoms with E-state index < -0.39 is 0 Å². The lowest BCUT2D eigenvalue weighted by molar-refractivity contribution is 0.571. The Labute approximate surface area is 184 Å². The van der Waals surface area contributed by atoms with Gasteiger partial charge in [-0.25, -0.2) is 0 Å². The molecule has 5 aromatic rings. The van der Waals surface area contributed by atoms with Crippen LogP contribution in [-0.4, -0.2) is 14.6 Å². The minimum atomic E-state index is -0.228. The Morgan fingerprint density at radius 2 is 1.77 bits per heavy atom. The van der Waals surface area contributed by atoms with Gasteiger partial charge in [0.1, 0.15) is 16.1 Å². The summed E-state index contributed by atoms with van der Waals surface area (Å²) in [5.74, 6) is 1.72. The van der Waals surface area contributed by atoms with E-state index in [2.05, 4.69) is 10.1 Å². The van der Waals surface area contributed by atoms with E-state index in [1.54, 1.807) is 24.3 Å². The first-order valence-corrected chi connectivity index (χ1v) is 10.6. The Kier molecular flexibility index (Phi) is 4.70. The fourth-order valence-electron chi connectivity index (χ4n) is 3.02. The van der Waals surface area contributed by atoms with Crippen LogP contribution in [-0.2, 0) is 0 Å². The quantitative estimate of drug-likeness (QED) is 0.374. The lowest BCUT2D eigenvalue weighted by Crippen LogP contribution is -2.23. The highest BCUT2D eigenvalue weighted by Gasteiger charge is 2.13. The number of halogens is 2. The van der Waals surface area contributed by atoms with Crippen LogP contribution in [0.4, 0.5) is 0 Å². The fourth-order valence-corrected chi connectivity index (χ4v) is 4.21. The second-order valence-corrected chi connectivity index (χ2v) is 8.57. The number of hydrogen-bond acceptors (Lipinski definition) is 5. The molecule has 0 aliphatic carbocycles. The second-order valence-electron chi connectivity index (χ2n) is 6.74. The van der Waals surface area contributed by atoms with Crippen LogP contribution in [0.5, 0.6) is 0 Å². The molecule has 5 rings (SSSR count). The first-order chi connectivity index (χ1) is 14.5. The number of fused-ring (bicyclic) bond motifs is 1. The molecule has 8 heteroatoms. The smallest absolute Gasteiger partial charge is 0.291 e. The van der Waals surface area contributed by atoms with E-state index in [-0.39, 0.29) is 5.56 Å². The van der Waals surface area contributed by atoms with E-state index in [1.165, 1.54) is 15.9 Å². The van der Waals surface area contributed by atoms with Gasteiger partial charge < -0.3 is 4.42 Å². The predicted molar refractivity (Wildman–Crippen MR) is 120 cm³/mol. The van der Waals surface area contributed by atoms with E-state index in [1.807, 2.05) is 43.3 Å². The van der Waals surface area contributed by atoms with Gasteiger partial charge in [0.2, 0.25) is 4.96 Å². The standard InChI is InChI=1S/C22H13Cl2N3O2S/c1-12-2-4-13(5-3-12)20-25-22-27(26-20)21(28)19(30-22)11-15-7-9-18(29-15)14-6-8-16(23)17(24)10-14/h2-11H,1H3. The molecule has 0 unspecified atom stereocenters. The van der Waals surface area contributed by atoms with Crippen LogP contribution in [0.2, 0.25) is 10.0 Å². The minimum Gasteiger partial charge on any atom is -0.457 e. The van der Waals surface area contributed by atoms with Crippen LogP contribution in [0, 0.1) is 6.92 Å². The molecule has 2 aromatic carbocycles. The van der Waals surface area contributed by atoms with E-state index in [0.29, 0.717) is 36.9 Å². The molecule has 0 bridgehead atoms. The molecule has 0 atom stereocenters. The van der Waals surface area contributed by atoms with Crippen LogP contribution in [0.25, 0.3) is 33.7 Å². The number of hydrogen-bond donors (Lipinski definition) is 0. The number of furan rings is 1. The Balaban J connectivity index is 1.50. The van der Waals surface area contributed by atoms with Gasteiger partial charge in [-0.05, 0) is 37.3 Å². The molecular formula is C22H13Cl2N3O2S. The Morgan fingerprint density at radius 1 is 1.00 bits per heavy atom. The highest BCUT2D eigenvalue weighted by atomic mass is 35.5. The van der Waals surface area contributed by atoms with Crippen molar-refractivity contribution in [2.75, 3.05) is 0 Å². The molecule has 0 aliphatic rings. The molecule has 0 spiro atoms. The van der Waals surface area contributed by atoms with Gasteiger partial charge >= 0.3 is 0 Å². The zero-order valence-corrected chi connectivity index (χ0v) is 17.9. The Hall–Kier alpha value is -2.93. The SMILES string of the molecule is Cc1ccc(-c2nc3sc(=Cc4ccc(-c5ccc(Cl)c(Cl)c5)o4)c(=O)n3n2)cc1. The number of benzene rings is 2. The van der Waals surface area contributed by atoms with Crippen molar-refractivity contribution in [3.8, 4) is 22.7 Å². The summed E-state index contributed by atoms with van der Waals surface area (Å²) in [5, 5.41) is 5.30. The van der Waals surface area contributed by atoms with Crippen molar-refractivity contribution in [1.29, 1.82) is 0 Å². The third-order valence-electron chi connectivity index (χ3n) is 4.60. The third kappa shape index (κ3) is 3.43. The van der Waals surface area contributed by atoms with Crippen molar-refractivity contribution >= 4 is 45.6 Å². The monoisotopic (exact) mass is 453 g/mol. The largest absolute Gasteiger partial charge is 0.457 e. The van der Waals surface area contributed by atoms with Crippen LogP contribution >= 0.6 is 34.5 Å². The zero-order chi connectivity index (χ0) is 20.8. The molecule has 0 saturated heterocycles. The summed E-state index contributed by atoms with van der Waals surface area (Å²) in [4.78, 5) is 17.8. The van der Waals surface area contributed by atoms with Gasteiger partial charge in [-0.15, -0.1) is 5.10 Å². The topological polar surface area (TPSA) is 60.4 Å².